The molecule has 0 radical (unpaired) electrons. The molecule has 4 nitrogen and oxygen atoms in total. The SMILES string of the molecule is Cc1cc(C)c(OCc2ccc(C(=O)O)cc2)cc1N. The quantitative estimate of drug-likeness (QED) is 0.838. The molecule has 0 aliphatic heterocycles. The molecule has 0 spiro atoms. The number of nitrogens with two attached hydrogens (primary N) is 1. The molecule has 2 rings (SSSR count). The Kier molecular flexibility index (Phi) is 3.94. The topological polar surface area (TPSA) is 72.5 Å². The molecular weight excluding hydrogens is 254 g/mol. The van der Waals surface area contributed by atoms with E-state index in [4.69, 9.17) is 15.6 Å². The lowest BCUT2D eigenvalue weighted by atomic mass is 10.1. The van der Waals surface area contributed by atoms with E-state index in [-0.39, 0.29) is 5.56 Å². The standard InChI is InChI=1S/C16H17NO3/c1-10-7-11(2)15(8-14(10)17)20-9-12-3-5-13(6-4-12)16(18)19/h3-8H,9,17H2,1-2H3,(H,18,19). The smallest absolute Gasteiger partial charge is 0.335 e. The molecule has 0 saturated carbocycles. The summed E-state index contributed by atoms with van der Waals surface area (Å²) >= 11 is 0. The van der Waals surface area contributed by atoms with E-state index in [9.17, 15) is 4.79 Å². The lowest BCUT2D eigenvalue weighted by Crippen LogP contribution is -2.01. The van der Waals surface area contributed by atoms with Crippen molar-refractivity contribution in [2.24, 2.45) is 0 Å². The normalized spacial score (nSPS) is 10.3. The Morgan fingerprint density at radius 2 is 1.80 bits per heavy atom. The van der Waals surface area contributed by atoms with Crippen LogP contribution in [0.15, 0.2) is 36.4 Å². The summed E-state index contributed by atoms with van der Waals surface area (Å²) in [6, 6.07) is 10.4. The lowest BCUT2D eigenvalue weighted by Gasteiger charge is -2.11. The number of aryl methyl sites for hydroxylation is 2. The van der Waals surface area contributed by atoms with Crippen molar-refractivity contribution in [3.05, 3.63) is 58.7 Å². The highest BCUT2D eigenvalue weighted by atomic mass is 16.5. The van der Waals surface area contributed by atoms with Gasteiger partial charge in [-0.15, -0.1) is 0 Å². The Hall–Kier alpha value is -2.49. The lowest BCUT2D eigenvalue weighted by molar-refractivity contribution is 0.0697. The van der Waals surface area contributed by atoms with Crippen molar-refractivity contribution in [3.63, 3.8) is 0 Å². The van der Waals surface area contributed by atoms with Crippen LogP contribution in [0.25, 0.3) is 0 Å². The predicted octanol–water partition coefficient (Wildman–Crippen LogP) is 3.16. The third kappa shape index (κ3) is 3.09. The summed E-state index contributed by atoms with van der Waals surface area (Å²) in [7, 11) is 0. The molecule has 0 unspecified atom stereocenters. The number of aromatic carboxylic acids is 1. The predicted molar refractivity (Wildman–Crippen MR) is 78.1 cm³/mol. The Morgan fingerprint density at radius 1 is 1.15 bits per heavy atom. The van der Waals surface area contributed by atoms with E-state index in [2.05, 4.69) is 0 Å². The zero-order valence-electron chi connectivity index (χ0n) is 11.5. The van der Waals surface area contributed by atoms with Crippen molar-refractivity contribution in [2.75, 3.05) is 5.73 Å². The summed E-state index contributed by atoms with van der Waals surface area (Å²) in [6.45, 7) is 4.30. The van der Waals surface area contributed by atoms with Gasteiger partial charge in [-0.3, -0.25) is 0 Å². The van der Waals surface area contributed by atoms with Gasteiger partial charge in [0, 0.05) is 11.8 Å². The third-order valence-electron chi connectivity index (χ3n) is 3.16. The summed E-state index contributed by atoms with van der Waals surface area (Å²) in [5.74, 6) is -0.185. The summed E-state index contributed by atoms with van der Waals surface area (Å²) in [5, 5.41) is 8.83. The number of carboxylic acids is 1. The molecule has 0 aliphatic carbocycles. The van der Waals surface area contributed by atoms with E-state index in [0.29, 0.717) is 12.3 Å². The molecule has 0 atom stereocenters. The summed E-state index contributed by atoms with van der Waals surface area (Å²) in [5.41, 5.74) is 9.80. The van der Waals surface area contributed by atoms with Crippen LogP contribution < -0.4 is 10.5 Å². The highest BCUT2D eigenvalue weighted by molar-refractivity contribution is 5.87. The maximum absolute atomic E-state index is 10.8. The van der Waals surface area contributed by atoms with E-state index < -0.39 is 5.97 Å². The van der Waals surface area contributed by atoms with E-state index in [1.54, 1.807) is 24.3 Å². The number of carbonyl (C=O) groups is 1. The van der Waals surface area contributed by atoms with Crippen molar-refractivity contribution in [3.8, 4) is 5.75 Å². The molecule has 104 valence electrons. The summed E-state index contributed by atoms with van der Waals surface area (Å²) < 4.78 is 5.73. The second-order valence-corrected chi connectivity index (χ2v) is 4.77. The molecule has 4 heteroatoms. The number of rotatable bonds is 4. The monoisotopic (exact) mass is 271 g/mol. The number of hydrogen-bond acceptors (Lipinski definition) is 3. The van der Waals surface area contributed by atoms with Crippen molar-refractivity contribution in [1.29, 1.82) is 0 Å². The van der Waals surface area contributed by atoms with Gasteiger partial charge in [0.2, 0.25) is 0 Å². The second-order valence-electron chi connectivity index (χ2n) is 4.77. The molecule has 2 aromatic carbocycles. The highest BCUT2D eigenvalue weighted by Gasteiger charge is 2.05. The number of carboxylic acid groups (broad SMARTS) is 1. The first-order valence-corrected chi connectivity index (χ1v) is 6.29. The van der Waals surface area contributed by atoms with Gasteiger partial charge in [-0.05, 0) is 42.7 Å². The zero-order chi connectivity index (χ0) is 14.7. The number of nitrogen functional groups attached to an aromatic ring is 1. The fourth-order valence-corrected chi connectivity index (χ4v) is 1.91. The van der Waals surface area contributed by atoms with Crippen molar-refractivity contribution < 1.29 is 14.6 Å². The molecule has 0 fully saturated rings. The van der Waals surface area contributed by atoms with Crippen LogP contribution in [0.5, 0.6) is 5.75 Å². The largest absolute Gasteiger partial charge is 0.489 e. The van der Waals surface area contributed by atoms with Crippen LogP contribution in [0.2, 0.25) is 0 Å². The Bertz CT molecular complexity index is 633. The maximum atomic E-state index is 10.8. The van der Waals surface area contributed by atoms with E-state index in [1.165, 1.54) is 0 Å². The van der Waals surface area contributed by atoms with Crippen LogP contribution in [-0.2, 0) is 6.61 Å². The average molecular weight is 271 g/mol. The van der Waals surface area contributed by atoms with Crippen LogP contribution in [0, 0.1) is 13.8 Å². The Balaban J connectivity index is 2.09. The maximum Gasteiger partial charge on any atom is 0.335 e. The molecule has 2 aromatic rings. The number of ether oxygens (including phenoxy) is 1. The first kappa shape index (κ1) is 13.9. The van der Waals surface area contributed by atoms with Gasteiger partial charge in [0.05, 0.1) is 5.56 Å². The molecular formula is C16H17NO3. The van der Waals surface area contributed by atoms with Crippen molar-refractivity contribution in [2.45, 2.75) is 20.5 Å². The van der Waals surface area contributed by atoms with Crippen LogP contribution >= 0.6 is 0 Å². The highest BCUT2D eigenvalue weighted by Crippen LogP contribution is 2.25. The summed E-state index contributed by atoms with van der Waals surface area (Å²) in [4.78, 5) is 10.8. The molecule has 0 aromatic heterocycles. The van der Waals surface area contributed by atoms with Crippen LogP contribution in [-0.4, -0.2) is 11.1 Å². The number of anilines is 1. The number of benzene rings is 2. The molecule has 20 heavy (non-hydrogen) atoms. The fraction of sp³-hybridized carbons (Fsp3) is 0.188. The third-order valence-corrected chi connectivity index (χ3v) is 3.16. The van der Waals surface area contributed by atoms with Crippen molar-refractivity contribution >= 4 is 11.7 Å². The van der Waals surface area contributed by atoms with Crippen LogP contribution in [0.4, 0.5) is 5.69 Å². The summed E-state index contributed by atoms with van der Waals surface area (Å²) in [6.07, 6.45) is 0. The molecule has 0 amide bonds. The minimum absolute atomic E-state index is 0.268. The van der Waals surface area contributed by atoms with E-state index in [0.717, 1.165) is 22.4 Å². The molecule has 0 bridgehead atoms. The van der Waals surface area contributed by atoms with Gasteiger partial charge >= 0.3 is 5.97 Å². The molecule has 0 saturated heterocycles. The molecule has 0 aliphatic rings. The Morgan fingerprint density at radius 3 is 2.40 bits per heavy atom. The van der Waals surface area contributed by atoms with Gasteiger partial charge < -0.3 is 15.6 Å². The van der Waals surface area contributed by atoms with Gasteiger partial charge in [0.1, 0.15) is 12.4 Å². The first-order chi connectivity index (χ1) is 9.47. The van der Waals surface area contributed by atoms with E-state index >= 15 is 0 Å². The van der Waals surface area contributed by atoms with Crippen LogP contribution in [0.3, 0.4) is 0 Å². The molecule has 0 heterocycles. The van der Waals surface area contributed by atoms with E-state index in [1.807, 2.05) is 26.0 Å². The van der Waals surface area contributed by atoms with Crippen LogP contribution in [0.1, 0.15) is 27.0 Å². The number of hydrogen-bond donors (Lipinski definition) is 2. The average Bonchev–Trinajstić information content (AvgIpc) is 2.42. The fourth-order valence-electron chi connectivity index (χ4n) is 1.91. The Labute approximate surface area is 117 Å². The minimum Gasteiger partial charge on any atom is -0.489 e. The molecule has 3 N–H and O–H groups in total. The zero-order valence-corrected chi connectivity index (χ0v) is 11.5. The van der Waals surface area contributed by atoms with Gasteiger partial charge in [0.15, 0.2) is 0 Å². The van der Waals surface area contributed by atoms with Crippen molar-refractivity contribution in [1.82, 2.24) is 0 Å². The minimum atomic E-state index is -0.931. The second kappa shape index (κ2) is 5.65. The van der Waals surface area contributed by atoms with Gasteiger partial charge in [0.25, 0.3) is 0 Å². The van der Waals surface area contributed by atoms with Gasteiger partial charge in [-0.25, -0.2) is 4.79 Å². The van der Waals surface area contributed by atoms with Gasteiger partial charge in [-0.1, -0.05) is 18.2 Å². The van der Waals surface area contributed by atoms with Gasteiger partial charge in [-0.2, -0.15) is 0 Å². The first-order valence-electron chi connectivity index (χ1n) is 6.29.